The minimum Gasteiger partial charge on any atom is -0.338 e. The van der Waals surface area contributed by atoms with Gasteiger partial charge in [0.15, 0.2) is 0 Å². The lowest BCUT2D eigenvalue weighted by molar-refractivity contribution is 0.0941. The fraction of sp³-hybridized carbons (Fsp3) is 0.125. The molecule has 0 spiro atoms. The Bertz CT molecular complexity index is 719. The number of aryl methyl sites for hydroxylation is 1. The predicted molar refractivity (Wildman–Crippen MR) is 83.3 cm³/mol. The third-order valence-electron chi connectivity index (χ3n) is 3.31. The molecule has 1 N–H and O–H groups in total. The first-order valence-electron chi connectivity index (χ1n) is 6.61. The van der Waals surface area contributed by atoms with Crippen molar-refractivity contribution in [2.24, 2.45) is 7.05 Å². The third kappa shape index (κ3) is 2.87. The molecule has 1 unspecified atom stereocenters. The minimum atomic E-state index is -0.265. The van der Waals surface area contributed by atoms with Gasteiger partial charge in [-0.3, -0.25) is 4.79 Å². The summed E-state index contributed by atoms with van der Waals surface area (Å²) in [6.07, 6.45) is 3.62. The molecule has 0 bridgehead atoms. The monoisotopic (exact) mass is 297 g/mol. The highest BCUT2D eigenvalue weighted by Crippen LogP contribution is 2.21. The zero-order chi connectivity index (χ0) is 14.7. The second kappa shape index (κ2) is 5.93. The number of benzene rings is 1. The molecular formula is C16H15N3OS. The molecule has 0 aliphatic heterocycles. The fourth-order valence-electron chi connectivity index (χ4n) is 2.21. The van der Waals surface area contributed by atoms with Gasteiger partial charge in [0.25, 0.3) is 5.91 Å². The number of amides is 1. The number of hydrogen-bond acceptors (Lipinski definition) is 3. The largest absolute Gasteiger partial charge is 0.338 e. The molecule has 1 aromatic carbocycles. The highest BCUT2D eigenvalue weighted by molar-refractivity contribution is 7.08. The number of hydrogen-bond donors (Lipinski definition) is 1. The molecule has 4 nitrogen and oxygen atoms in total. The van der Waals surface area contributed by atoms with E-state index < -0.39 is 0 Å². The van der Waals surface area contributed by atoms with Gasteiger partial charge < -0.3 is 9.88 Å². The van der Waals surface area contributed by atoms with E-state index in [1.807, 2.05) is 65.0 Å². The number of carbonyl (C=O) groups is 1. The van der Waals surface area contributed by atoms with Crippen LogP contribution in [0.25, 0.3) is 0 Å². The van der Waals surface area contributed by atoms with Gasteiger partial charge in [-0.15, -0.1) is 0 Å². The molecule has 106 valence electrons. The summed E-state index contributed by atoms with van der Waals surface area (Å²) in [7, 11) is 1.93. The van der Waals surface area contributed by atoms with Crippen LogP contribution in [0.4, 0.5) is 0 Å². The molecule has 0 saturated heterocycles. The molecule has 3 rings (SSSR count). The highest BCUT2D eigenvalue weighted by Gasteiger charge is 2.21. The van der Waals surface area contributed by atoms with Crippen molar-refractivity contribution in [2.75, 3.05) is 0 Å². The van der Waals surface area contributed by atoms with Gasteiger partial charge >= 0.3 is 0 Å². The lowest BCUT2D eigenvalue weighted by Gasteiger charge is -2.18. The third-order valence-corrected chi connectivity index (χ3v) is 3.99. The van der Waals surface area contributed by atoms with Crippen LogP contribution in [0, 0.1) is 0 Å². The Morgan fingerprint density at radius 2 is 2.10 bits per heavy atom. The fourth-order valence-corrected chi connectivity index (χ4v) is 2.84. The van der Waals surface area contributed by atoms with Crippen molar-refractivity contribution >= 4 is 17.2 Å². The summed E-state index contributed by atoms with van der Waals surface area (Å²) in [6, 6.07) is 11.4. The van der Waals surface area contributed by atoms with E-state index in [2.05, 4.69) is 10.3 Å². The lowest BCUT2D eigenvalue weighted by atomic mass is 10.1. The molecule has 0 aliphatic rings. The predicted octanol–water partition coefficient (Wildman–Crippen LogP) is 3.00. The Balaban J connectivity index is 1.94. The molecule has 2 heterocycles. The summed E-state index contributed by atoms with van der Waals surface area (Å²) in [6.45, 7) is 0. The van der Waals surface area contributed by atoms with Crippen molar-refractivity contribution in [1.82, 2.24) is 14.9 Å². The average Bonchev–Trinajstić information content (AvgIpc) is 3.17. The van der Waals surface area contributed by atoms with Gasteiger partial charge in [0.2, 0.25) is 0 Å². The Kier molecular flexibility index (Phi) is 3.83. The van der Waals surface area contributed by atoms with Gasteiger partial charge in [-0.2, -0.15) is 11.3 Å². The smallest absolute Gasteiger partial charge is 0.252 e. The van der Waals surface area contributed by atoms with Crippen molar-refractivity contribution < 1.29 is 4.79 Å². The van der Waals surface area contributed by atoms with Gasteiger partial charge in [0.05, 0.1) is 5.56 Å². The Hall–Kier alpha value is -2.40. The average molecular weight is 297 g/mol. The Labute approximate surface area is 127 Å². The summed E-state index contributed by atoms with van der Waals surface area (Å²) in [5.74, 6) is 0.720. The molecule has 1 atom stereocenters. The van der Waals surface area contributed by atoms with E-state index in [1.165, 1.54) is 11.3 Å². The molecule has 0 radical (unpaired) electrons. The van der Waals surface area contributed by atoms with Crippen LogP contribution in [-0.4, -0.2) is 15.5 Å². The van der Waals surface area contributed by atoms with E-state index in [9.17, 15) is 4.79 Å². The maximum Gasteiger partial charge on any atom is 0.252 e. The van der Waals surface area contributed by atoms with Crippen LogP contribution in [0.15, 0.2) is 59.6 Å². The SMILES string of the molecule is Cn1ccnc1C(NC(=O)c1ccsc1)c1ccccc1. The minimum absolute atomic E-state index is 0.0897. The van der Waals surface area contributed by atoms with Crippen LogP contribution >= 0.6 is 11.3 Å². The quantitative estimate of drug-likeness (QED) is 0.804. The van der Waals surface area contributed by atoms with E-state index in [4.69, 9.17) is 0 Å². The standard InChI is InChI=1S/C16H15N3OS/c1-19-9-8-17-15(19)14(12-5-3-2-4-6-12)18-16(20)13-7-10-21-11-13/h2-11,14H,1H3,(H,18,20). The van der Waals surface area contributed by atoms with Crippen LogP contribution in [0.2, 0.25) is 0 Å². The maximum atomic E-state index is 12.4. The van der Waals surface area contributed by atoms with Crippen molar-refractivity contribution in [3.05, 3.63) is 76.5 Å². The number of rotatable bonds is 4. The van der Waals surface area contributed by atoms with E-state index in [0.29, 0.717) is 5.56 Å². The number of nitrogens with zero attached hydrogens (tertiary/aromatic N) is 2. The molecule has 0 aliphatic carbocycles. The highest BCUT2D eigenvalue weighted by atomic mass is 32.1. The lowest BCUT2D eigenvalue weighted by Crippen LogP contribution is -2.30. The molecular weight excluding hydrogens is 282 g/mol. The first-order chi connectivity index (χ1) is 10.3. The van der Waals surface area contributed by atoms with Gasteiger partial charge in [0.1, 0.15) is 11.9 Å². The van der Waals surface area contributed by atoms with Crippen LogP contribution in [0.3, 0.4) is 0 Å². The maximum absolute atomic E-state index is 12.4. The summed E-state index contributed by atoms with van der Waals surface area (Å²) < 4.78 is 1.92. The number of carbonyl (C=O) groups excluding carboxylic acids is 1. The number of nitrogens with one attached hydrogen (secondary N) is 1. The summed E-state index contributed by atoms with van der Waals surface area (Å²) in [5.41, 5.74) is 1.69. The first-order valence-corrected chi connectivity index (χ1v) is 7.55. The van der Waals surface area contributed by atoms with Crippen LogP contribution < -0.4 is 5.32 Å². The molecule has 3 aromatic rings. The number of imidazole rings is 1. The van der Waals surface area contributed by atoms with Gasteiger partial charge in [-0.05, 0) is 17.0 Å². The molecule has 21 heavy (non-hydrogen) atoms. The Morgan fingerprint density at radius 1 is 1.29 bits per heavy atom. The zero-order valence-electron chi connectivity index (χ0n) is 11.6. The number of thiophene rings is 1. The second-order valence-electron chi connectivity index (χ2n) is 4.73. The van der Waals surface area contributed by atoms with Crippen molar-refractivity contribution in [3.63, 3.8) is 0 Å². The van der Waals surface area contributed by atoms with E-state index >= 15 is 0 Å². The van der Waals surface area contributed by atoms with Crippen molar-refractivity contribution in [1.29, 1.82) is 0 Å². The summed E-state index contributed by atoms with van der Waals surface area (Å²) >= 11 is 1.51. The van der Waals surface area contributed by atoms with Crippen LogP contribution in [0.5, 0.6) is 0 Å². The first kappa shape index (κ1) is 13.6. The molecule has 0 saturated carbocycles. The molecule has 0 fully saturated rings. The van der Waals surface area contributed by atoms with Gasteiger partial charge in [0, 0.05) is 24.8 Å². The topological polar surface area (TPSA) is 46.9 Å². The van der Waals surface area contributed by atoms with Crippen molar-refractivity contribution in [3.8, 4) is 0 Å². The second-order valence-corrected chi connectivity index (χ2v) is 5.51. The van der Waals surface area contributed by atoms with Crippen molar-refractivity contribution in [2.45, 2.75) is 6.04 Å². The van der Waals surface area contributed by atoms with Crippen LogP contribution in [0.1, 0.15) is 27.8 Å². The van der Waals surface area contributed by atoms with Gasteiger partial charge in [-0.25, -0.2) is 4.98 Å². The van der Waals surface area contributed by atoms with Gasteiger partial charge in [-0.1, -0.05) is 30.3 Å². The van der Waals surface area contributed by atoms with E-state index in [-0.39, 0.29) is 11.9 Å². The summed E-state index contributed by atoms with van der Waals surface area (Å²) in [4.78, 5) is 16.7. The summed E-state index contributed by atoms with van der Waals surface area (Å²) in [5, 5.41) is 6.80. The van der Waals surface area contributed by atoms with E-state index in [0.717, 1.165) is 11.4 Å². The number of aromatic nitrogens is 2. The van der Waals surface area contributed by atoms with E-state index in [1.54, 1.807) is 6.20 Å². The van der Waals surface area contributed by atoms with Crippen LogP contribution in [-0.2, 0) is 7.05 Å². The Morgan fingerprint density at radius 3 is 2.71 bits per heavy atom. The normalized spacial score (nSPS) is 12.0. The molecule has 2 aromatic heterocycles. The molecule has 1 amide bonds. The zero-order valence-corrected chi connectivity index (χ0v) is 12.4. The molecule has 5 heteroatoms.